The van der Waals surface area contributed by atoms with Crippen LogP contribution in [0.15, 0.2) is 61.2 Å². The molecule has 0 bridgehead atoms. The second kappa shape index (κ2) is 8.99. The number of anilines is 1. The number of nitrogens with zero attached hydrogens (tertiary/aromatic N) is 7. The second-order valence-corrected chi connectivity index (χ2v) is 9.10. The SMILES string of the molecule is CN1CCCN(c2ccc3cc(C(=O)NCCn4ccnc4)c4nc5ccccc5n4c3n2)CC1. The summed E-state index contributed by atoms with van der Waals surface area (Å²) < 4.78 is 3.97. The molecule has 9 nitrogen and oxygen atoms in total. The Bertz CT molecular complexity index is 1510. The molecule has 0 radical (unpaired) electrons. The van der Waals surface area contributed by atoms with Crippen molar-refractivity contribution in [3.63, 3.8) is 0 Å². The first kappa shape index (κ1) is 21.5. The third-order valence-electron chi connectivity index (χ3n) is 6.71. The van der Waals surface area contributed by atoms with Crippen molar-refractivity contribution < 1.29 is 4.79 Å². The average Bonchev–Trinajstić information content (AvgIpc) is 3.47. The van der Waals surface area contributed by atoms with E-state index in [0.717, 1.165) is 60.5 Å². The van der Waals surface area contributed by atoms with Gasteiger partial charge < -0.3 is 19.7 Å². The summed E-state index contributed by atoms with van der Waals surface area (Å²) in [5.41, 5.74) is 3.78. The quantitative estimate of drug-likeness (QED) is 0.427. The molecule has 0 atom stereocenters. The van der Waals surface area contributed by atoms with Crippen LogP contribution in [-0.4, -0.2) is 74.5 Å². The Hall–Kier alpha value is -3.98. The zero-order valence-corrected chi connectivity index (χ0v) is 19.8. The summed E-state index contributed by atoms with van der Waals surface area (Å²) in [4.78, 5) is 32.0. The monoisotopic (exact) mass is 468 g/mol. The number of hydrogen-bond acceptors (Lipinski definition) is 6. The molecular formula is C26H28N8O. The minimum atomic E-state index is -0.146. The molecule has 178 valence electrons. The first-order valence-electron chi connectivity index (χ1n) is 12.1. The normalized spacial score (nSPS) is 15.2. The molecule has 1 aliphatic rings. The molecule has 0 saturated carbocycles. The summed E-state index contributed by atoms with van der Waals surface area (Å²) in [7, 11) is 2.17. The molecule has 1 aromatic carbocycles. The zero-order chi connectivity index (χ0) is 23.8. The van der Waals surface area contributed by atoms with E-state index in [1.165, 1.54) is 0 Å². The lowest BCUT2D eigenvalue weighted by molar-refractivity contribution is 0.0953. The van der Waals surface area contributed by atoms with Crippen molar-refractivity contribution in [2.45, 2.75) is 13.0 Å². The predicted molar refractivity (Wildman–Crippen MR) is 137 cm³/mol. The van der Waals surface area contributed by atoms with Crippen molar-refractivity contribution in [2.75, 3.05) is 44.7 Å². The van der Waals surface area contributed by atoms with Crippen LogP contribution in [0.1, 0.15) is 16.8 Å². The smallest absolute Gasteiger partial charge is 0.255 e. The van der Waals surface area contributed by atoms with Crippen molar-refractivity contribution in [2.24, 2.45) is 0 Å². The molecule has 5 heterocycles. The van der Waals surface area contributed by atoms with Gasteiger partial charge in [-0.3, -0.25) is 9.20 Å². The number of aromatic nitrogens is 5. The van der Waals surface area contributed by atoms with E-state index in [-0.39, 0.29) is 5.91 Å². The van der Waals surface area contributed by atoms with E-state index in [1.807, 2.05) is 45.5 Å². The molecule has 1 saturated heterocycles. The topological polar surface area (TPSA) is 83.6 Å². The Balaban J connectivity index is 1.42. The second-order valence-electron chi connectivity index (χ2n) is 9.10. The molecule has 35 heavy (non-hydrogen) atoms. The number of amides is 1. The lowest BCUT2D eigenvalue weighted by Gasteiger charge is -2.22. The first-order chi connectivity index (χ1) is 17.2. The van der Waals surface area contributed by atoms with Gasteiger partial charge in [0.15, 0.2) is 5.65 Å². The summed E-state index contributed by atoms with van der Waals surface area (Å²) >= 11 is 0. The highest BCUT2D eigenvalue weighted by molar-refractivity contribution is 6.05. The highest BCUT2D eigenvalue weighted by atomic mass is 16.1. The fourth-order valence-corrected chi connectivity index (χ4v) is 4.81. The van der Waals surface area contributed by atoms with Gasteiger partial charge in [-0.15, -0.1) is 0 Å². The third-order valence-corrected chi connectivity index (χ3v) is 6.71. The van der Waals surface area contributed by atoms with Gasteiger partial charge in [-0.1, -0.05) is 12.1 Å². The van der Waals surface area contributed by atoms with Crippen LogP contribution in [0, 0.1) is 0 Å². The minimum Gasteiger partial charge on any atom is -0.355 e. The molecule has 1 amide bonds. The standard InChI is InChI=1S/C26H28N8O/c1-31-11-4-12-33(16-15-31)23-8-7-19-17-20(26(35)28-10-14-32-13-9-27-18-32)25-29-21-5-2-3-6-22(21)34(25)24(19)30-23/h2-3,5-9,13,17-18H,4,10-12,14-16H2,1H3,(H,28,35). The number of fused-ring (bicyclic) bond motifs is 5. The Morgan fingerprint density at radius 2 is 1.94 bits per heavy atom. The van der Waals surface area contributed by atoms with Crippen LogP contribution in [0.4, 0.5) is 5.82 Å². The highest BCUT2D eigenvalue weighted by Gasteiger charge is 2.20. The average molecular weight is 469 g/mol. The van der Waals surface area contributed by atoms with Gasteiger partial charge in [0, 0.05) is 50.5 Å². The summed E-state index contributed by atoms with van der Waals surface area (Å²) in [6.07, 6.45) is 6.47. The van der Waals surface area contributed by atoms with Crippen LogP contribution >= 0.6 is 0 Å². The molecule has 0 spiro atoms. The fraction of sp³-hybridized carbons (Fsp3) is 0.308. The number of imidazole rings is 2. The number of carbonyl (C=O) groups excluding carboxylic acids is 1. The molecule has 1 N–H and O–H groups in total. The van der Waals surface area contributed by atoms with Gasteiger partial charge in [0.25, 0.3) is 5.91 Å². The van der Waals surface area contributed by atoms with Gasteiger partial charge in [-0.25, -0.2) is 15.0 Å². The molecule has 5 aromatic rings. The van der Waals surface area contributed by atoms with E-state index in [0.29, 0.717) is 24.3 Å². The van der Waals surface area contributed by atoms with Gasteiger partial charge in [0.2, 0.25) is 0 Å². The molecule has 1 fully saturated rings. The maximum absolute atomic E-state index is 13.3. The number of pyridine rings is 2. The fourth-order valence-electron chi connectivity index (χ4n) is 4.81. The number of rotatable bonds is 5. The number of likely N-dealkylation sites (N-methyl/N-ethyl adjacent to an activating group) is 1. The lowest BCUT2D eigenvalue weighted by Crippen LogP contribution is -2.29. The van der Waals surface area contributed by atoms with Crippen LogP contribution in [0.3, 0.4) is 0 Å². The molecule has 4 aromatic heterocycles. The zero-order valence-electron chi connectivity index (χ0n) is 19.8. The summed E-state index contributed by atoms with van der Waals surface area (Å²) in [5, 5.41) is 3.95. The molecular weight excluding hydrogens is 440 g/mol. The van der Waals surface area contributed by atoms with Crippen LogP contribution in [-0.2, 0) is 6.54 Å². The maximum Gasteiger partial charge on any atom is 0.255 e. The molecule has 6 rings (SSSR count). The van der Waals surface area contributed by atoms with Crippen molar-refractivity contribution in [3.05, 3.63) is 66.7 Å². The van der Waals surface area contributed by atoms with Crippen molar-refractivity contribution >= 4 is 39.4 Å². The summed E-state index contributed by atoms with van der Waals surface area (Å²) in [5.74, 6) is 0.816. The van der Waals surface area contributed by atoms with Crippen LogP contribution in [0.5, 0.6) is 0 Å². The number of hydrogen-bond donors (Lipinski definition) is 1. The molecule has 1 aliphatic heterocycles. The maximum atomic E-state index is 13.3. The lowest BCUT2D eigenvalue weighted by atomic mass is 10.1. The van der Waals surface area contributed by atoms with Gasteiger partial charge in [0.05, 0.1) is 22.9 Å². The molecule has 0 aliphatic carbocycles. The van der Waals surface area contributed by atoms with Gasteiger partial charge >= 0.3 is 0 Å². The van der Waals surface area contributed by atoms with E-state index < -0.39 is 0 Å². The predicted octanol–water partition coefficient (Wildman–Crippen LogP) is 2.80. The Morgan fingerprint density at radius 1 is 1.03 bits per heavy atom. The Morgan fingerprint density at radius 3 is 2.83 bits per heavy atom. The van der Waals surface area contributed by atoms with E-state index in [2.05, 4.69) is 39.3 Å². The number of carbonyl (C=O) groups is 1. The van der Waals surface area contributed by atoms with Crippen molar-refractivity contribution in [3.8, 4) is 0 Å². The van der Waals surface area contributed by atoms with Crippen LogP contribution in [0.25, 0.3) is 27.7 Å². The van der Waals surface area contributed by atoms with Gasteiger partial charge in [-0.05, 0) is 50.3 Å². The number of nitrogens with one attached hydrogen (secondary N) is 1. The molecule has 9 heteroatoms. The first-order valence-corrected chi connectivity index (χ1v) is 12.1. The summed E-state index contributed by atoms with van der Waals surface area (Å²) in [6.45, 7) is 5.19. The van der Waals surface area contributed by atoms with E-state index in [4.69, 9.17) is 9.97 Å². The largest absolute Gasteiger partial charge is 0.355 e. The minimum absolute atomic E-state index is 0.146. The van der Waals surface area contributed by atoms with E-state index in [1.54, 1.807) is 12.5 Å². The summed E-state index contributed by atoms with van der Waals surface area (Å²) in [6, 6.07) is 14.0. The van der Waals surface area contributed by atoms with Crippen LogP contribution < -0.4 is 10.2 Å². The molecule has 0 unspecified atom stereocenters. The Labute approximate surface area is 203 Å². The van der Waals surface area contributed by atoms with Crippen LogP contribution in [0.2, 0.25) is 0 Å². The van der Waals surface area contributed by atoms with Gasteiger partial charge in [0.1, 0.15) is 11.5 Å². The van der Waals surface area contributed by atoms with Gasteiger partial charge in [-0.2, -0.15) is 0 Å². The highest BCUT2D eigenvalue weighted by Crippen LogP contribution is 2.27. The Kier molecular flexibility index (Phi) is 5.54. The van der Waals surface area contributed by atoms with Crippen molar-refractivity contribution in [1.29, 1.82) is 0 Å². The van der Waals surface area contributed by atoms with E-state index in [9.17, 15) is 4.79 Å². The third kappa shape index (κ3) is 4.08. The number of benzene rings is 1. The van der Waals surface area contributed by atoms with E-state index >= 15 is 0 Å². The van der Waals surface area contributed by atoms with Crippen molar-refractivity contribution in [1.82, 2.24) is 34.1 Å². The number of para-hydroxylation sites is 2.